The van der Waals surface area contributed by atoms with Crippen molar-refractivity contribution in [2.24, 2.45) is 5.92 Å². The molecule has 1 aliphatic rings. The second kappa shape index (κ2) is 7.44. The van der Waals surface area contributed by atoms with Gasteiger partial charge in [-0.2, -0.15) is 0 Å². The zero-order valence-electron chi connectivity index (χ0n) is 14.6. The number of aromatic nitrogens is 2. The number of carbonyl (C=O) groups excluding carboxylic acids is 1. The van der Waals surface area contributed by atoms with Crippen LogP contribution in [0.1, 0.15) is 12.2 Å². The topological polar surface area (TPSA) is 50.2 Å². The Bertz CT molecular complexity index is 820. The van der Waals surface area contributed by atoms with Gasteiger partial charge >= 0.3 is 6.03 Å². The summed E-state index contributed by atoms with van der Waals surface area (Å²) in [4.78, 5) is 19.1. The lowest BCUT2D eigenvalue weighted by atomic mass is 9.98. The average molecular weight is 346 g/mol. The molecule has 26 heavy (non-hydrogen) atoms. The molecule has 2 aromatic carbocycles. The smallest absolute Gasteiger partial charge is 0.326 e. The van der Waals surface area contributed by atoms with Crippen molar-refractivity contribution >= 4 is 17.4 Å². The van der Waals surface area contributed by atoms with E-state index in [9.17, 15) is 4.79 Å². The number of para-hydroxylation sites is 2. The Balaban J connectivity index is 1.47. The first kappa shape index (κ1) is 16.4. The maximum absolute atomic E-state index is 13.0. The van der Waals surface area contributed by atoms with Gasteiger partial charge in [-0.15, -0.1) is 0 Å². The van der Waals surface area contributed by atoms with Gasteiger partial charge in [0.25, 0.3) is 0 Å². The Labute approximate surface area is 153 Å². The number of hydrogen-bond acceptors (Lipinski definition) is 2. The van der Waals surface area contributed by atoms with Crippen molar-refractivity contribution in [2.75, 3.05) is 11.4 Å². The molecule has 0 bridgehead atoms. The Morgan fingerprint density at radius 3 is 2.38 bits per heavy atom. The summed E-state index contributed by atoms with van der Waals surface area (Å²) in [7, 11) is 0. The van der Waals surface area contributed by atoms with Gasteiger partial charge in [0.05, 0.1) is 11.4 Å². The molecule has 132 valence electrons. The van der Waals surface area contributed by atoms with E-state index in [1.54, 1.807) is 4.90 Å². The van der Waals surface area contributed by atoms with Gasteiger partial charge in [-0.1, -0.05) is 36.4 Å². The van der Waals surface area contributed by atoms with E-state index >= 15 is 0 Å². The summed E-state index contributed by atoms with van der Waals surface area (Å²) in [6.07, 6.45) is 5.84. The maximum Gasteiger partial charge on any atom is 0.326 e. The molecule has 5 heteroatoms. The van der Waals surface area contributed by atoms with Gasteiger partial charge < -0.3 is 9.88 Å². The normalized spacial score (nSPS) is 15.9. The van der Waals surface area contributed by atoms with E-state index in [1.165, 1.54) is 0 Å². The van der Waals surface area contributed by atoms with Crippen LogP contribution in [0.3, 0.4) is 0 Å². The Hall–Kier alpha value is -3.08. The van der Waals surface area contributed by atoms with E-state index in [-0.39, 0.29) is 6.03 Å². The Morgan fingerprint density at radius 2 is 1.73 bits per heavy atom. The van der Waals surface area contributed by atoms with Gasteiger partial charge in [-0.3, -0.25) is 4.90 Å². The van der Waals surface area contributed by atoms with Gasteiger partial charge in [0, 0.05) is 31.9 Å². The highest BCUT2D eigenvalue weighted by molar-refractivity contribution is 5.99. The lowest BCUT2D eigenvalue weighted by molar-refractivity contribution is 0.244. The largest absolute Gasteiger partial charge is 0.337 e. The number of fused-ring (bicyclic) bond motifs is 1. The fourth-order valence-electron chi connectivity index (χ4n) is 3.44. The number of anilines is 2. The van der Waals surface area contributed by atoms with Crippen molar-refractivity contribution in [3.05, 3.63) is 78.9 Å². The third-order valence-corrected chi connectivity index (χ3v) is 4.83. The zero-order valence-corrected chi connectivity index (χ0v) is 14.6. The van der Waals surface area contributed by atoms with Crippen LogP contribution in [0.4, 0.5) is 16.2 Å². The first-order valence-electron chi connectivity index (χ1n) is 8.99. The van der Waals surface area contributed by atoms with Crippen molar-refractivity contribution < 1.29 is 4.79 Å². The van der Waals surface area contributed by atoms with Crippen molar-refractivity contribution in [1.29, 1.82) is 0 Å². The molecule has 1 unspecified atom stereocenters. The maximum atomic E-state index is 13.0. The molecular weight excluding hydrogens is 324 g/mol. The highest BCUT2D eigenvalue weighted by atomic mass is 16.2. The molecule has 4 rings (SSSR count). The van der Waals surface area contributed by atoms with E-state index in [0.717, 1.165) is 36.6 Å². The van der Waals surface area contributed by atoms with Gasteiger partial charge in [-0.25, -0.2) is 9.78 Å². The molecule has 0 spiro atoms. The molecule has 2 amide bonds. The summed E-state index contributed by atoms with van der Waals surface area (Å²) in [5, 5.41) is 3.12. The van der Waals surface area contributed by atoms with Crippen LogP contribution in [0.2, 0.25) is 0 Å². The second-order valence-electron chi connectivity index (χ2n) is 6.59. The predicted octanol–water partition coefficient (Wildman–Crippen LogP) is 3.99. The number of benzene rings is 2. The van der Waals surface area contributed by atoms with Crippen LogP contribution in [0.5, 0.6) is 0 Å². The molecule has 5 nitrogen and oxygen atoms in total. The number of amides is 2. The summed E-state index contributed by atoms with van der Waals surface area (Å²) < 4.78 is 2.19. The van der Waals surface area contributed by atoms with Crippen molar-refractivity contribution in [2.45, 2.75) is 19.4 Å². The molecular formula is C21H22N4O. The summed E-state index contributed by atoms with van der Waals surface area (Å²) in [5.74, 6) is 1.53. The first-order chi connectivity index (χ1) is 12.8. The van der Waals surface area contributed by atoms with Crippen molar-refractivity contribution in [1.82, 2.24) is 14.9 Å². The van der Waals surface area contributed by atoms with Crippen LogP contribution < -0.4 is 10.2 Å². The fourth-order valence-corrected chi connectivity index (χ4v) is 3.44. The summed E-state index contributed by atoms with van der Waals surface area (Å²) in [6, 6.07) is 19.4. The first-order valence-corrected chi connectivity index (χ1v) is 8.99. The summed E-state index contributed by atoms with van der Waals surface area (Å²) in [5.41, 5.74) is 1.71. The quantitative estimate of drug-likeness (QED) is 0.776. The van der Waals surface area contributed by atoms with Gasteiger partial charge in [-0.05, 0) is 36.6 Å². The van der Waals surface area contributed by atoms with Crippen LogP contribution in [0, 0.1) is 5.92 Å². The number of aryl methyl sites for hydroxylation is 1. The lowest BCUT2D eigenvalue weighted by Crippen LogP contribution is -2.40. The number of nitrogens with zero attached hydrogens (tertiary/aromatic N) is 3. The third kappa shape index (κ3) is 3.47. The van der Waals surface area contributed by atoms with Crippen molar-refractivity contribution in [3.63, 3.8) is 0 Å². The predicted molar refractivity (Wildman–Crippen MR) is 102 cm³/mol. The monoisotopic (exact) mass is 346 g/mol. The van der Waals surface area contributed by atoms with E-state index in [0.29, 0.717) is 12.5 Å². The molecule has 0 radical (unpaired) electrons. The number of rotatable bonds is 4. The number of urea groups is 1. The van der Waals surface area contributed by atoms with Crippen LogP contribution in [-0.2, 0) is 13.0 Å². The zero-order chi connectivity index (χ0) is 17.8. The molecule has 0 saturated heterocycles. The van der Waals surface area contributed by atoms with Crippen LogP contribution in [0.15, 0.2) is 73.1 Å². The summed E-state index contributed by atoms with van der Waals surface area (Å²) >= 11 is 0. The molecule has 1 aliphatic heterocycles. The fraction of sp³-hybridized carbons (Fsp3) is 0.238. The molecule has 0 saturated carbocycles. The molecule has 0 fully saturated rings. The Kier molecular flexibility index (Phi) is 4.69. The van der Waals surface area contributed by atoms with E-state index in [4.69, 9.17) is 0 Å². The SMILES string of the molecule is O=C(NCC1CCn2ccnc2C1)N(c1ccccc1)c1ccccc1. The molecule has 1 atom stereocenters. The number of carbonyl (C=O) groups is 1. The van der Waals surface area contributed by atoms with E-state index in [1.807, 2.05) is 73.1 Å². The van der Waals surface area contributed by atoms with Crippen molar-refractivity contribution in [3.8, 4) is 0 Å². The standard InChI is InChI=1S/C21H22N4O/c26-21(23-16-17-11-13-24-14-12-22-20(24)15-17)25(18-7-3-1-4-8-18)19-9-5-2-6-10-19/h1-10,12,14,17H,11,13,15-16H2,(H,23,26). The lowest BCUT2D eigenvalue weighted by Gasteiger charge is -2.27. The minimum Gasteiger partial charge on any atom is -0.337 e. The highest BCUT2D eigenvalue weighted by Crippen LogP contribution is 2.25. The van der Waals surface area contributed by atoms with E-state index in [2.05, 4.69) is 14.9 Å². The molecule has 1 aromatic heterocycles. The molecule has 0 aliphatic carbocycles. The van der Waals surface area contributed by atoms with Gasteiger partial charge in [0.1, 0.15) is 5.82 Å². The molecule has 1 N–H and O–H groups in total. The van der Waals surface area contributed by atoms with Crippen LogP contribution in [0.25, 0.3) is 0 Å². The Morgan fingerprint density at radius 1 is 1.08 bits per heavy atom. The minimum atomic E-state index is -0.101. The second-order valence-corrected chi connectivity index (χ2v) is 6.59. The average Bonchev–Trinajstić information content (AvgIpc) is 3.16. The number of nitrogens with one attached hydrogen (secondary N) is 1. The number of hydrogen-bond donors (Lipinski definition) is 1. The number of imidazole rings is 1. The third-order valence-electron chi connectivity index (χ3n) is 4.83. The molecule has 2 heterocycles. The highest BCUT2D eigenvalue weighted by Gasteiger charge is 2.22. The van der Waals surface area contributed by atoms with Crippen LogP contribution >= 0.6 is 0 Å². The van der Waals surface area contributed by atoms with Gasteiger partial charge in [0.2, 0.25) is 0 Å². The molecule has 3 aromatic rings. The minimum absolute atomic E-state index is 0.101. The van der Waals surface area contributed by atoms with Crippen LogP contribution in [-0.4, -0.2) is 22.1 Å². The van der Waals surface area contributed by atoms with E-state index < -0.39 is 0 Å². The summed E-state index contributed by atoms with van der Waals surface area (Å²) in [6.45, 7) is 1.62. The van der Waals surface area contributed by atoms with Gasteiger partial charge in [0.15, 0.2) is 0 Å².